The predicted molar refractivity (Wildman–Crippen MR) is 70.2 cm³/mol. The molecule has 0 N–H and O–H groups in total. The SMILES string of the molecule is C[n+]1ccccc1Cc1ccc([N+](=O)[O-])cc1[N+](=O)[O-]. The van der Waals surface area contributed by atoms with Crippen LogP contribution in [-0.2, 0) is 13.5 Å². The van der Waals surface area contributed by atoms with Crippen molar-refractivity contribution in [2.75, 3.05) is 0 Å². The monoisotopic (exact) mass is 274 g/mol. The molecule has 0 unspecified atom stereocenters. The van der Waals surface area contributed by atoms with Crippen LogP contribution in [0.5, 0.6) is 0 Å². The number of non-ortho nitro benzene ring substituents is 1. The van der Waals surface area contributed by atoms with Crippen molar-refractivity contribution in [3.05, 3.63) is 74.1 Å². The number of hydrogen-bond acceptors (Lipinski definition) is 4. The lowest BCUT2D eigenvalue weighted by molar-refractivity contribution is -0.678. The topological polar surface area (TPSA) is 90.2 Å². The van der Waals surface area contributed by atoms with Gasteiger partial charge in [0.2, 0.25) is 0 Å². The molecule has 0 amide bonds. The van der Waals surface area contributed by atoms with Crippen LogP contribution < -0.4 is 4.57 Å². The van der Waals surface area contributed by atoms with Gasteiger partial charge in [-0.05, 0) is 6.07 Å². The Balaban J connectivity index is 2.44. The van der Waals surface area contributed by atoms with E-state index in [1.54, 1.807) is 0 Å². The van der Waals surface area contributed by atoms with Gasteiger partial charge < -0.3 is 0 Å². The van der Waals surface area contributed by atoms with Gasteiger partial charge in [-0.1, -0.05) is 6.07 Å². The van der Waals surface area contributed by atoms with Gasteiger partial charge in [-0.3, -0.25) is 20.2 Å². The molecule has 0 radical (unpaired) electrons. The van der Waals surface area contributed by atoms with E-state index in [1.807, 2.05) is 36.0 Å². The van der Waals surface area contributed by atoms with E-state index < -0.39 is 9.85 Å². The Kier molecular flexibility index (Phi) is 3.69. The number of benzene rings is 1. The Hall–Kier alpha value is -2.83. The minimum atomic E-state index is -0.640. The normalized spacial score (nSPS) is 10.2. The van der Waals surface area contributed by atoms with E-state index in [0.717, 1.165) is 11.8 Å². The average molecular weight is 274 g/mol. The fourth-order valence-electron chi connectivity index (χ4n) is 1.92. The number of aryl methyl sites for hydroxylation is 1. The van der Waals surface area contributed by atoms with Crippen LogP contribution >= 0.6 is 0 Å². The van der Waals surface area contributed by atoms with Crippen LogP contribution in [0, 0.1) is 20.2 Å². The molecule has 0 fully saturated rings. The summed E-state index contributed by atoms with van der Waals surface area (Å²) in [5.41, 5.74) is 0.813. The molecule has 0 aliphatic heterocycles. The third-order valence-corrected chi connectivity index (χ3v) is 3.01. The minimum absolute atomic E-state index is 0.233. The fraction of sp³-hybridized carbons (Fsp3) is 0.154. The van der Waals surface area contributed by atoms with Crippen LogP contribution in [0.3, 0.4) is 0 Å². The van der Waals surface area contributed by atoms with E-state index >= 15 is 0 Å². The summed E-state index contributed by atoms with van der Waals surface area (Å²) in [7, 11) is 1.84. The maximum atomic E-state index is 11.0. The molecule has 2 aromatic rings. The average Bonchev–Trinajstić information content (AvgIpc) is 2.41. The molecule has 102 valence electrons. The van der Waals surface area contributed by atoms with Gasteiger partial charge in [-0.2, -0.15) is 0 Å². The van der Waals surface area contributed by atoms with E-state index in [-0.39, 0.29) is 11.4 Å². The number of hydrogen-bond donors (Lipinski definition) is 0. The fourth-order valence-corrected chi connectivity index (χ4v) is 1.92. The van der Waals surface area contributed by atoms with Gasteiger partial charge in [0.25, 0.3) is 11.4 Å². The van der Waals surface area contributed by atoms with E-state index in [0.29, 0.717) is 12.0 Å². The second-order valence-corrected chi connectivity index (χ2v) is 4.31. The lowest BCUT2D eigenvalue weighted by Gasteiger charge is -2.02. The molecule has 0 bridgehead atoms. The second-order valence-electron chi connectivity index (χ2n) is 4.31. The van der Waals surface area contributed by atoms with E-state index in [4.69, 9.17) is 0 Å². The van der Waals surface area contributed by atoms with Gasteiger partial charge in [-0.25, -0.2) is 4.57 Å². The molecule has 1 heterocycles. The van der Waals surface area contributed by atoms with Crippen LogP contribution in [-0.4, -0.2) is 9.85 Å². The smallest absolute Gasteiger partial charge is 0.258 e. The van der Waals surface area contributed by atoms with Crippen molar-refractivity contribution in [2.24, 2.45) is 7.05 Å². The molecule has 7 nitrogen and oxygen atoms in total. The first-order valence-electron chi connectivity index (χ1n) is 5.84. The zero-order chi connectivity index (χ0) is 14.7. The molecule has 0 aliphatic carbocycles. The highest BCUT2D eigenvalue weighted by atomic mass is 16.6. The van der Waals surface area contributed by atoms with Crippen molar-refractivity contribution in [1.29, 1.82) is 0 Å². The number of rotatable bonds is 4. The van der Waals surface area contributed by atoms with Crippen LogP contribution in [0.15, 0.2) is 42.6 Å². The Bertz CT molecular complexity index is 685. The summed E-state index contributed by atoms with van der Waals surface area (Å²) in [5, 5.41) is 21.7. The molecule has 1 aromatic heterocycles. The highest BCUT2D eigenvalue weighted by Gasteiger charge is 2.21. The minimum Gasteiger partial charge on any atom is -0.258 e. The largest absolute Gasteiger partial charge is 0.280 e. The van der Waals surface area contributed by atoms with Crippen LogP contribution in [0.1, 0.15) is 11.3 Å². The van der Waals surface area contributed by atoms with Gasteiger partial charge in [0, 0.05) is 23.8 Å². The molecule has 2 rings (SSSR count). The standard InChI is InChI=1S/C13H12N3O4/c1-14-7-3-2-4-11(14)8-10-5-6-12(15(17)18)9-13(10)16(19)20/h2-7,9H,8H2,1H3/q+1. The van der Waals surface area contributed by atoms with Crippen molar-refractivity contribution in [3.8, 4) is 0 Å². The zero-order valence-electron chi connectivity index (χ0n) is 10.7. The number of pyridine rings is 1. The molecule has 0 aliphatic rings. The van der Waals surface area contributed by atoms with Gasteiger partial charge in [0.05, 0.1) is 22.3 Å². The first-order valence-corrected chi connectivity index (χ1v) is 5.84. The van der Waals surface area contributed by atoms with Gasteiger partial charge in [0.1, 0.15) is 7.05 Å². The van der Waals surface area contributed by atoms with Crippen molar-refractivity contribution < 1.29 is 14.4 Å². The first-order chi connectivity index (χ1) is 9.49. The number of aromatic nitrogens is 1. The summed E-state index contributed by atoms with van der Waals surface area (Å²) >= 11 is 0. The summed E-state index contributed by atoms with van der Waals surface area (Å²) < 4.78 is 1.85. The summed E-state index contributed by atoms with van der Waals surface area (Å²) in [4.78, 5) is 20.5. The van der Waals surface area contributed by atoms with Gasteiger partial charge >= 0.3 is 0 Å². The molecule has 0 saturated carbocycles. The Morgan fingerprint density at radius 1 is 1.10 bits per heavy atom. The quantitative estimate of drug-likeness (QED) is 0.484. The van der Waals surface area contributed by atoms with Crippen LogP contribution in [0.2, 0.25) is 0 Å². The van der Waals surface area contributed by atoms with Crippen LogP contribution in [0.25, 0.3) is 0 Å². The maximum Gasteiger partial charge on any atom is 0.280 e. The molecular formula is C13H12N3O4+. The second kappa shape index (κ2) is 5.43. The molecule has 1 aromatic carbocycles. The lowest BCUT2D eigenvalue weighted by atomic mass is 10.1. The van der Waals surface area contributed by atoms with Crippen molar-refractivity contribution in [1.82, 2.24) is 0 Å². The number of nitro groups is 2. The van der Waals surface area contributed by atoms with Crippen molar-refractivity contribution >= 4 is 11.4 Å². The molecule has 20 heavy (non-hydrogen) atoms. The molecule has 7 heteroatoms. The summed E-state index contributed by atoms with van der Waals surface area (Å²) in [6.45, 7) is 0. The van der Waals surface area contributed by atoms with Crippen molar-refractivity contribution in [2.45, 2.75) is 6.42 Å². The Morgan fingerprint density at radius 2 is 1.85 bits per heavy atom. The van der Waals surface area contributed by atoms with E-state index in [2.05, 4.69) is 0 Å². The Morgan fingerprint density at radius 3 is 2.45 bits per heavy atom. The van der Waals surface area contributed by atoms with E-state index in [9.17, 15) is 20.2 Å². The molecule has 0 atom stereocenters. The molecular weight excluding hydrogens is 262 g/mol. The van der Waals surface area contributed by atoms with Gasteiger partial charge in [0.15, 0.2) is 11.9 Å². The number of nitrogens with zero attached hydrogens (tertiary/aromatic N) is 3. The van der Waals surface area contributed by atoms with Crippen molar-refractivity contribution in [3.63, 3.8) is 0 Å². The summed E-state index contributed by atoms with van der Waals surface area (Å²) in [6, 6.07) is 9.26. The maximum absolute atomic E-state index is 11.0. The Labute approximate surface area is 114 Å². The summed E-state index contributed by atoms with van der Waals surface area (Å²) in [5.74, 6) is 0. The van der Waals surface area contributed by atoms with E-state index in [1.165, 1.54) is 12.1 Å². The predicted octanol–water partition coefficient (Wildman–Crippen LogP) is 1.92. The van der Waals surface area contributed by atoms with Crippen LogP contribution in [0.4, 0.5) is 11.4 Å². The lowest BCUT2D eigenvalue weighted by Crippen LogP contribution is -2.32. The third kappa shape index (κ3) is 2.77. The van der Waals surface area contributed by atoms with Gasteiger partial charge in [-0.15, -0.1) is 0 Å². The first kappa shape index (κ1) is 13.6. The summed E-state index contributed by atoms with van der Waals surface area (Å²) in [6.07, 6.45) is 2.18. The highest BCUT2D eigenvalue weighted by Crippen LogP contribution is 2.25. The molecule has 0 saturated heterocycles. The zero-order valence-corrected chi connectivity index (χ0v) is 10.7. The number of nitro benzene ring substituents is 2. The highest BCUT2D eigenvalue weighted by molar-refractivity contribution is 5.50. The third-order valence-electron chi connectivity index (χ3n) is 3.01. The molecule has 0 spiro atoms.